The Balaban J connectivity index is 2.31. The average Bonchev–Trinajstić information content (AvgIpc) is 2.57. The van der Waals surface area contributed by atoms with Gasteiger partial charge in [-0.3, -0.25) is 9.88 Å². The Morgan fingerprint density at radius 1 is 1.30 bits per heavy atom. The van der Waals surface area contributed by atoms with Crippen LogP contribution in [0.15, 0.2) is 18.5 Å². The summed E-state index contributed by atoms with van der Waals surface area (Å²) in [5.74, 6) is 0.217. The topological polar surface area (TPSA) is 91.9 Å². The summed E-state index contributed by atoms with van der Waals surface area (Å²) >= 11 is 0. The zero-order valence-corrected chi connectivity index (χ0v) is 20.9. The number of carboxylic acid groups (broad SMARTS) is 1. The van der Waals surface area contributed by atoms with E-state index in [9.17, 15) is 9.90 Å². The monoisotopic (exact) mass is 436 g/mol. The van der Waals surface area contributed by atoms with E-state index in [1.54, 1.807) is 17.3 Å². The number of pyridine rings is 1. The van der Waals surface area contributed by atoms with Crippen molar-refractivity contribution >= 4 is 25.8 Å². The van der Waals surface area contributed by atoms with Crippen molar-refractivity contribution in [3.05, 3.63) is 18.5 Å². The van der Waals surface area contributed by atoms with Crippen LogP contribution in [0.2, 0.25) is 18.1 Å². The van der Waals surface area contributed by atoms with Crippen molar-refractivity contribution in [1.29, 1.82) is 0 Å². The number of nitrogen functional groups attached to an aromatic ring is 1. The molecule has 2 atom stereocenters. The highest BCUT2D eigenvalue weighted by atomic mass is 28.4. The molecule has 8 heteroatoms. The van der Waals surface area contributed by atoms with Gasteiger partial charge in [0.25, 0.3) is 0 Å². The summed E-state index contributed by atoms with van der Waals surface area (Å²) in [6.45, 7) is 19.1. The van der Waals surface area contributed by atoms with Gasteiger partial charge in [-0.2, -0.15) is 0 Å². The van der Waals surface area contributed by atoms with E-state index in [0.29, 0.717) is 18.8 Å². The van der Waals surface area contributed by atoms with Crippen molar-refractivity contribution in [2.24, 2.45) is 5.92 Å². The van der Waals surface area contributed by atoms with Crippen LogP contribution >= 0.6 is 0 Å². The maximum atomic E-state index is 12.2. The fraction of sp³-hybridized carbons (Fsp3) is 0.727. The molecule has 1 saturated heterocycles. The molecule has 0 aliphatic carbocycles. The molecular formula is C22H40N4O3Si. The van der Waals surface area contributed by atoms with Crippen molar-refractivity contribution in [3.63, 3.8) is 0 Å². The third-order valence-electron chi connectivity index (χ3n) is 6.46. The zero-order valence-electron chi connectivity index (χ0n) is 19.9. The van der Waals surface area contributed by atoms with Crippen molar-refractivity contribution in [2.45, 2.75) is 77.7 Å². The largest absolute Gasteiger partial charge is 0.465 e. The summed E-state index contributed by atoms with van der Waals surface area (Å²) in [6, 6.07) is 1.77. The third-order valence-corrected chi connectivity index (χ3v) is 11.0. The number of anilines is 2. The molecule has 1 aromatic rings. The van der Waals surface area contributed by atoms with Crippen LogP contribution in [0.1, 0.15) is 48.0 Å². The molecule has 1 aliphatic rings. The van der Waals surface area contributed by atoms with E-state index < -0.39 is 19.9 Å². The van der Waals surface area contributed by atoms with Crippen molar-refractivity contribution in [2.75, 3.05) is 30.3 Å². The van der Waals surface area contributed by atoms with Crippen LogP contribution in [0.25, 0.3) is 0 Å². The minimum absolute atomic E-state index is 0.134. The molecule has 30 heavy (non-hydrogen) atoms. The van der Waals surface area contributed by atoms with E-state index in [4.69, 9.17) is 10.2 Å². The summed E-state index contributed by atoms with van der Waals surface area (Å²) in [6.07, 6.45) is 3.27. The van der Waals surface area contributed by atoms with Crippen LogP contribution in [-0.4, -0.2) is 60.7 Å². The van der Waals surface area contributed by atoms with Gasteiger partial charge in [-0.05, 0) is 51.4 Å². The molecule has 7 nitrogen and oxygen atoms in total. The van der Waals surface area contributed by atoms with Gasteiger partial charge in [0.15, 0.2) is 8.32 Å². The van der Waals surface area contributed by atoms with Gasteiger partial charge in [0, 0.05) is 37.4 Å². The van der Waals surface area contributed by atoms with E-state index in [-0.39, 0.29) is 17.0 Å². The van der Waals surface area contributed by atoms with Gasteiger partial charge in [0.1, 0.15) is 0 Å². The number of carbonyl (C=O) groups is 1. The van der Waals surface area contributed by atoms with Gasteiger partial charge in [-0.25, -0.2) is 4.79 Å². The smallest absolute Gasteiger partial charge is 0.408 e. The van der Waals surface area contributed by atoms with Gasteiger partial charge in [-0.15, -0.1) is 0 Å². The Kier molecular flexibility index (Phi) is 7.13. The first-order chi connectivity index (χ1) is 13.6. The highest BCUT2D eigenvalue weighted by Crippen LogP contribution is 2.38. The summed E-state index contributed by atoms with van der Waals surface area (Å²) in [7, 11) is -1.89. The average molecular weight is 437 g/mol. The second-order valence-corrected chi connectivity index (χ2v) is 15.8. The van der Waals surface area contributed by atoms with E-state index >= 15 is 0 Å². The number of nitrogens with zero attached hydrogens (tertiary/aromatic N) is 3. The first-order valence-corrected chi connectivity index (χ1v) is 13.6. The fourth-order valence-electron chi connectivity index (χ4n) is 3.90. The van der Waals surface area contributed by atoms with E-state index in [1.165, 1.54) is 0 Å². The third kappa shape index (κ3) is 5.66. The normalized spacial score (nSPS) is 20.9. The molecule has 1 aromatic heterocycles. The predicted molar refractivity (Wildman–Crippen MR) is 126 cm³/mol. The van der Waals surface area contributed by atoms with Crippen LogP contribution in [0.3, 0.4) is 0 Å². The van der Waals surface area contributed by atoms with E-state index in [2.05, 4.69) is 43.7 Å². The Labute approximate surface area is 182 Å². The highest BCUT2D eigenvalue weighted by Gasteiger charge is 2.41. The fourth-order valence-corrected chi connectivity index (χ4v) is 4.99. The van der Waals surface area contributed by atoms with Crippen LogP contribution in [0.4, 0.5) is 16.2 Å². The van der Waals surface area contributed by atoms with Crippen molar-refractivity contribution in [1.82, 2.24) is 9.88 Å². The standard InChI is InChI=1S/C22H40N4O3Si/c1-21(2,3)26(20(27)28)17-11-16(15-29-30(7,8)22(4,5)6)13-25(14-17)19-9-10-24-12-18(19)23/h9-10,12,16-17H,11,13-15,23H2,1-8H3,(H,27,28). The molecule has 0 spiro atoms. The number of rotatable bonds is 5. The lowest BCUT2D eigenvalue weighted by atomic mass is 9.90. The van der Waals surface area contributed by atoms with Crippen LogP contribution in [0.5, 0.6) is 0 Å². The lowest BCUT2D eigenvalue weighted by molar-refractivity contribution is 0.0515. The summed E-state index contributed by atoms with van der Waals surface area (Å²) in [5, 5.41) is 10.1. The second-order valence-electron chi connectivity index (χ2n) is 11.0. The van der Waals surface area contributed by atoms with Crippen LogP contribution in [0, 0.1) is 5.92 Å². The van der Waals surface area contributed by atoms with Gasteiger partial charge in [-0.1, -0.05) is 20.8 Å². The number of piperidine rings is 1. The van der Waals surface area contributed by atoms with Gasteiger partial charge in [0.2, 0.25) is 0 Å². The Morgan fingerprint density at radius 3 is 2.43 bits per heavy atom. The summed E-state index contributed by atoms with van der Waals surface area (Å²) in [4.78, 5) is 20.1. The molecule has 0 bridgehead atoms. The molecule has 3 N–H and O–H groups in total. The molecule has 0 aromatic carbocycles. The Morgan fingerprint density at radius 2 is 1.93 bits per heavy atom. The number of hydrogen-bond donors (Lipinski definition) is 2. The number of nitrogens with two attached hydrogens (primary N) is 1. The lowest BCUT2D eigenvalue weighted by Gasteiger charge is -2.48. The van der Waals surface area contributed by atoms with Crippen LogP contribution in [-0.2, 0) is 4.43 Å². The molecule has 0 radical (unpaired) electrons. The number of aromatic nitrogens is 1. The molecule has 170 valence electrons. The summed E-state index contributed by atoms with van der Waals surface area (Å²) in [5.41, 5.74) is 7.23. The van der Waals surface area contributed by atoms with Crippen LogP contribution < -0.4 is 10.6 Å². The SMILES string of the molecule is CC(C)(C)N(C(=O)O)C1CC(CO[Si](C)(C)C(C)(C)C)CN(c2ccncc2N)C1. The van der Waals surface area contributed by atoms with Gasteiger partial charge < -0.3 is 20.2 Å². The lowest BCUT2D eigenvalue weighted by Crippen LogP contribution is -2.59. The van der Waals surface area contributed by atoms with Crippen molar-refractivity contribution < 1.29 is 14.3 Å². The summed E-state index contributed by atoms with van der Waals surface area (Å²) < 4.78 is 6.52. The highest BCUT2D eigenvalue weighted by molar-refractivity contribution is 6.74. The molecule has 0 saturated carbocycles. The first kappa shape index (κ1) is 24.5. The molecule has 2 unspecified atom stereocenters. The molecule has 2 rings (SSSR count). The maximum absolute atomic E-state index is 12.2. The van der Waals surface area contributed by atoms with E-state index in [1.807, 2.05) is 26.8 Å². The molecule has 1 aliphatic heterocycles. The minimum Gasteiger partial charge on any atom is -0.465 e. The Bertz CT molecular complexity index is 743. The van der Waals surface area contributed by atoms with E-state index in [0.717, 1.165) is 18.7 Å². The predicted octanol–water partition coefficient (Wildman–Crippen LogP) is 4.66. The molecule has 2 heterocycles. The first-order valence-electron chi connectivity index (χ1n) is 10.7. The maximum Gasteiger partial charge on any atom is 0.408 e. The quantitative estimate of drug-likeness (QED) is 0.652. The van der Waals surface area contributed by atoms with Gasteiger partial charge in [0.05, 0.1) is 23.6 Å². The molecule has 1 amide bonds. The molecular weight excluding hydrogens is 396 g/mol. The van der Waals surface area contributed by atoms with Crippen molar-refractivity contribution in [3.8, 4) is 0 Å². The Hall–Kier alpha value is -1.80. The number of amides is 1. The zero-order chi connectivity index (χ0) is 22.9. The second kappa shape index (κ2) is 8.75. The van der Waals surface area contributed by atoms with Gasteiger partial charge >= 0.3 is 6.09 Å². The molecule has 1 fully saturated rings. The minimum atomic E-state index is -1.89. The number of hydrogen-bond acceptors (Lipinski definition) is 5.